The van der Waals surface area contributed by atoms with Gasteiger partial charge in [0.1, 0.15) is 5.82 Å². The van der Waals surface area contributed by atoms with Crippen LogP contribution in [0.25, 0.3) is 17.5 Å². The highest BCUT2D eigenvalue weighted by atomic mass is 19.1. The lowest BCUT2D eigenvalue weighted by Gasteiger charge is -2.30. The zero-order valence-corrected chi connectivity index (χ0v) is 16.5. The summed E-state index contributed by atoms with van der Waals surface area (Å²) in [7, 11) is 0. The third kappa shape index (κ3) is 4.82. The second-order valence-corrected chi connectivity index (χ2v) is 7.26. The zero-order valence-electron chi connectivity index (χ0n) is 16.5. The molecule has 158 valence electrons. The van der Waals surface area contributed by atoms with Crippen molar-refractivity contribution in [2.24, 2.45) is 0 Å². The average molecular weight is 422 g/mol. The number of benzene rings is 2. The van der Waals surface area contributed by atoms with Crippen LogP contribution in [0.2, 0.25) is 0 Å². The van der Waals surface area contributed by atoms with Crippen molar-refractivity contribution in [3.8, 4) is 11.5 Å². The van der Waals surface area contributed by atoms with Gasteiger partial charge in [-0.3, -0.25) is 14.9 Å². The molecule has 0 radical (unpaired) electrons. The molecule has 1 saturated heterocycles. The molecule has 1 fully saturated rings. The van der Waals surface area contributed by atoms with Gasteiger partial charge in [-0.25, -0.2) is 4.39 Å². The van der Waals surface area contributed by atoms with Gasteiger partial charge in [-0.05, 0) is 60.9 Å². The van der Waals surface area contributed by atoms with Gasteiger partial charge >= 0.3 is 0 Å². The van der Waals surface area contributed by atoms with Gasteiger partial charge in [0.05, 0.1) is 10.8 Å². The number of rotatable bonds is 5. The minimum atomic E-state index is -0.467. The topological polar surface area (TPSA) is 102 Å². The molecule has 1 unspecified atom stereocenters. The van der Waals surface area contributed by atoms with Crippen LogP contribution in [0.4, 0.5) is 10.1 Å². The molecule has 1 aliphatic rings. The van der Waals surface area contributed by atoms with E-state index in [1.807, 2.05) is 0 Å². The maximum absolute atomic E-state index is 13.1. The highest BCUT2D eigenvalue weighted by molar-refractivity contribution is 5.91. The van der Waals surface area contributed by atoms with Crippen molar-refractivity contribution in [2.45, 2.75) is 18.8 Å². The molecule has 1 aliphatic heterocycles. The summed E-state index contributed by atoms with van der Waals surface area (Å²) in [6, 6.07) is 11.8. The number of amides is 1. The molecule has 2 aromatic carbocycles. The van der Waals surface area contributed by atoms with Crippen LogP contribution in [0.15, 0.2) is 59.0 Å². The van der Waals surface area contributed by atoms with Crippen LogP contribution in [-0.2, 0) is 4.79 Å². The molecule has 0 N–H and O–H groups in total. The fraction of sp³-hybridized carbons (Fsp3) is 0.227. The first-order valence-electron chi connectivity index (χ1n) is 9.80. The quantitative estimate of drug-likeness (QED) is 0.347. The molecule has 1 amide bonds. The van der Waals surface area contributed by atoms with Crippen LogP contribution in [0.3, 0.4) is 0 Å². The number of nitrogens with zero attached hydrogens (tertiary/aromatic N) is 4. The van der Waals surface area contributed by atoms with E-state index in [4.69, 9.17) is 4.42 Å². The van der Waals surface area contributed by atoms with Crippen molar-refractivity contribution < 1.29 is 18.5 Å². The van der Waals surface area contributed by atoms with Crippen molar-refractivity contribution in [2.75, 3.05) is 13.1 Å². The number of likely N-dealkylation sites (tertiary alicyclic amines) is 1. The monoisotopic (exact) mass is 422 g/mol. The summed E-state index contributed by atoms with van der Waals surface area (Å²) < 4.78 is 18.9. The van der Waals surface area contributed by atoms with Crippen LogP contribution in [0.1, 0.15) is 30.2 Å². The molecule has 3 aromatic rings. The van der Waals surface area contributed by atoms with Crippen molar-refractivity contribution in [1.82, 2.24) is 15.1 Å². The largest absolute Gasteiger partial charge is 0.420 e. The van der Waals surface area contributed by atoms with Gasteiger partial charge in [-0.1, -0.05) is 0 Å². The van der Waals surface area contributed by atoms with Gasteiger partial charge in [0.2, 0.25) is 17.7 Å². The van der Waals surface area contributed by atoms with Crippen molar-refractivity contribution >= 4 is 17.7 Å². The first-order valence-corrected chi connectivity index (χ1v) is 9.80. The predicted molar refractivity (Wildman–Crippen MR) is 110 cm³/mol. The highest BCUT2D eigenvalue weighted by Gasteiger charge is 2.27. The first-order chi connectivity index (χ1) is 15.0. The molecule has 0 aliphatic carbocycles. The van der Waals surface area contributed by atoms with Crippen molar-refractivity contribution in [3.05, 3.63) is 82.0 Å². The lowest BCUT2D eigenvalue weighted by Crippen LogP contribution is -2.38. The maximum Gasteiger partial charge on any atom is 0.269 e. The third-order valence-electron chi connectivity index (χ3n) is 5.14. The number of nitro benzene ring substituents is 1. The van der Waals surface area contributed by atoms with E-state index in [1.54, 1.807) is 35.2 Å². The van der Waals surface area contributed by atoms with Gasteiger partial charge in [0.25, 0.3) is 5.69 Å². The average Bonchev–Trinajstić information content (AvgIpc) is 3.28. The number of piperidine rings is 1. The van der Waals surface area contributed by atoms with E-state index < -0.39 is 4.92 Å². The Labute approximate surface area is 177 Å². The summed E-state index contributed by atoms with van der Waals surface area (Å²) in [5, 5.41) is 18.9. The summed E-state index contributed by atoms with van der Waals surface area (Å²) in [5.41, 5.74) is 1.34. The first kappa shape index (κ1) is 20.4. The fourth-order valence-electron chi connectivity index (χ4n) is 3.47. The van der Waals surface area contributed by atoms with E-state index in [1.165, 1.54) is 30.3 Å². The lowest BCUT2D eigenvalue weighted by molar-refractivity contribution is -0.384. The maximum atomic E-state index is 13.1. The number of aromatic nitrogens is 2. The van der Waals surface area contributed by atoms with E-state index >= 15 is 0 Å². The second kappa shape index (κ2) is 8.86. The molecule has 1 atom stereocenters. The molecule has 9 heteroatoms. The molecule has 0 saturated carbocycles. The Bertz CT molecular complexity index is 1110. The fourth-order valence-corrected chi connectivity index (χ4v) is 3.47. The Morgan fingerprint density at radius 2 is 1.90 bits per heavy atom. The van der Waals surface area contributed by atoms with Crippen LogP contribution in [0.5, 0.6) is 0 Å². The van der Waals surface area contributed by atoms with Gasteiger partial charge in [-0.2, -0.15) is 0 Å². The van der Waals surface area contributed by atoms with Gasteiger partial charge < -0.3 is 9.32 Å². The SMILES string of the molecule is O=C(/C=C/c1ccc([N+](=O)[O-])cc1)N1CCCC(c2nnc(-c3ccc(F)cc3)o2)C1. The van der Waals surface area contributed by atoms with E-state index in [0.29, 0.717) is 36.0 Å². The zero-order chi connectivity index (χ0) is 21.8. The van der Waals surface area contributed by atoms with Gasteiger partial charge in [0, 0.05) is 36.9 Å². The van der Waals surface area contributed by atoms with E-state index in [2.05, 4.69) is 10.2 Å². The molecular formula is C22H19FN4O4. The van der Waals surface area contributed by atoms with Crippen molar-refractivity contribution in [3.63, 3.8) is 0 Å². The van der Waals surface area contributed by atoms with E-state index in [-0.39, 0.29) is 23.3 Å². The Morgan fingerprint density at radius 3 is 2.61 bits per heavy atom. The smallest absolute Gasteiger partial charge is 0.269 e. The third-order valence-corrected chi connectivity index (χ3v) is 5.14. The van der Waals surface area contributed by atoms with Crippen LogP contribution < -0.4 is 0 Å². The number of halogens is 1. The highest BCUT2D eigenvalue weighted by Crippen LogP contribution is 2.28. The Balaban J connectivity index is 1.40. The Kier molecular flexibility index (Phi) is 5.83. The summed E-state index contributed by atoms with van der Waals surface area (Å²) in [6.07, 6.45) is 4.72. The minimum absolute atomic E-state index is 0.00177. The van der Waals surface area contributed by atoms with E-state index in [9.17, 15) is 19.3 Å². The van der Waals surface area contributed by atoms with E-state index in [0.717, 1.165) is 12.8 Å². The van der Waals surface area contributed by atoms with Crippen molar-refractivity contribution in [1.29, 1.82) is 0 Å². The normalized spacial score (nSPS) is 16.5. The lowest BCUT2D eigenvalue weighted by atomic mass is 9.98. The van der Waals surface area contributed by atoms with Gasteiger partial charge in [-0.15, -0.1) is 10.2 Å². The predicted octanol–water partition coefficient (Wildman–Crippen LogP) is 4.20. The number of nitro groups is 1. The Hall–Kier alpha value is -3.88. The second-order valence-electron chi connectivity index (χ2n) is 7.26. The van der Waals surface area contributed by atoms with Crippen LogP contribution >= 0.6 is 0 Å². The molecule has 8 nitrogen and oxygen atoms in total. The summed E-state index contributed by atoms with van der Waals surface area (Å²) in [4.78, 5) is 24.6. The number of carbonyl (C=O) groups is 1. The van der Waals surface area contributed by atoms with Crippen LogP contribution in [0, 0.1) is 15.9 Å². The molecule has 0 spiro atoms. The summed E-state index contributed by atoms with van der Waals surface area (Å²) in [6.45, 7) is 1.08. The standard InChI is InChI=1S/C22H19FN4O4/c23-18-8-6-16(7-9-18)21-24-25-22(31-21)17-2-1-13-26(14-17)20(28)12-5-15-3-10-19(11-4-15)27(29)30/h3-12,17H,1-2,13-14H2/b12-5+. The van der Waals surface area contributed by atoms with Gasteiger partial charge in [0.15, 0.2) is 0 Å². The minimum Gasteiger partial charge on any atom is -0.420 e. The molecular weight excluding hydrogens is 403 g/mol. The number of hydrogen-bond acceptors (Lipinski definition) is 6. The molecule has 0 bridgehead atoms. The Morgan fingerprint density at radius 1 is 1.16 bits per heavy atom. The molecule has 1 aromatic heterocycles. The number of hydrogen-bond donors (Lipinski definition) is 0. The number of carbonyl (C=O) groups excluding carboxylic acids is 1. The number of non-ortho nitro benzene ring substituents is 1. The molecule has 31 heavy (non-hydrogen) atoms. The van der Waals surface area contributed by atoms with Crippen LogP contribution in [-0.4, -0.2) is 39.0 Å². The molecule has 2 heterocycles. The summed E-state index contributed by atoms with van der Waals surface area (Å²) in [5.74, 6) is 0.202. The summed E-state index contributed by atoms with van der Waals surface area (Å²) >= 11 is 0. The molecule has 4 rings (SSSR count).